The van der Waals surface area contributed by atoms with E-state index in [2.05, 4.69) is 50.8 Å². The number of aromatic nitrogens is 1. The third kappa shape index (κ3) is 2.62. The molecule has 2 aromatic carbocycles. The third-order valence-corrected chi connectivity index (χ3v) is 6.42. The van der Waals surface area contributed by atoms with Gasteiger partial charge in [-0.2, -0.15) is 0 Å². The van der Waals surface area contributed by atoms with Crippen molar-refractivity contribution >= 4 is 45.8 Å². The second kappa shape index (κ2) is 6.34. The van der Waals surface area contributed by atoms with Gasteiger partial charge in [-0.3, -0.25) is 4.98 Å². The van der Waals surface area contributed by atoms with Gasteiger partial charge >= 0.3 is 0 Å². The molecular formula is C20H19ClN4S. The second-order valence-electron chi connectivity index (χ2n) is 6.86. The highest BCUT2D eigenvalue weighted by molar-refractivity contribution is 8.00. The van der Waals surface area contributed by atoms with Crippen LogP contribution in [0, 0.1) is 0 Å². The fraction of sp³-hybridized carbons (Fsp3) is 0.250. The van der Waals surface area contributed by atoms with Crippen LogP contribution in [0.5, 0.6) is 0 Å². The first-order valence-electron chi connectivity index (χ1n) is 8.79. The molecule has 0 bridgehead atoms. The van der Waals surface area contributed by atoms with Crippen molar-refractivity contribution < 1.29 is 0 Å². The lowest BCUT2D eigenvalue weighted by atomic mass is 10.00. The van der Waals surface area contributed by atoms with Gasteiger partial charge < -0.3 is 14.5 Å². The lowest BCUT2D eigenvalue weighted by Gasteiger charge is -2.34. The highest BCUT2D eigenvalue weighted by Gasteiger charge is 2.23. The molecule has 6 heteroatoms. The number of benzene rings is 2. The van der Waals surface area contributed by atoms with E-state index in [1.807, 2.05) is 18.3 Å². The molecule has 2 aliphatic rings. The van der Waals surface area contributed by atoms with Gasteiger partial charge in [0.25, 0.3) is 0 Å². The van der Waals surface area contributed by atoms with E-state index in [1.54, 1.807) is 11.9 Å². The number of fused-ring (bicyclic) bond motifs is 5. The van der Waals surface area contributed by atoms with Gasteiger partial charge in [-0.1, -0.05) is 11.6 Å². The Hall–Kier alpha value is -1.95. The quantitative estimate of drug-likeness (QED) is 0.614. The Bertz CT molecular complexity index is 999. The van der Waals surface area contributed by atoms with Crippen LogP contribution in [0.4, 0.5) is 11.4 Å². The molecule has 0 amide bonds. The fourth-order valence-corrected chi connectivity index (χ4v) is 4.80. The van der Waals surface area contributed by atoms with E-state index in [0.717, 1.165) is 53.4 Å². The monoisotopic (exact) mass is 382 g/mol. The number of halogens is 1. The van der Waals surface area contributed by atoms with Crippen LogP contribution in [-0.4, -0.2) is 43.1 Å². The molecule has 26 heavy (non-hydrogen) atoms. The van der Waals surface area contributed by atoms with Gasteiger partial charge in [0.2, 0.25) is 0 Å². The molecule has 0 aliphatic carbocycles. The molecular weight excluding hydrogens is 364 g/mol. The summed E-state index contributed by atoms with van der Waals surface area (Å²) in [4.78, 5) is 10.6. The minimum Gasteiger partial charge on any atom is -0.369 e. The maximum Gasteiger partial charge on any atom is 0.0963 e. The van der Waals surface area contributed by atoms with Gasteiger partial charge in [0, 0.05) is 59.5 Å². The van der Waals surface area contributed by atoms with E-state index in [-0.39, 0.29) is 0 Å². The Morgan fingerprint density at radius 2 is 1.92 bits per heavy atom. The van der Waals surface area contributed by atoms with Gasteiger partial charge in [-0.25, -0.2) is 0 Å². The lowest BCUT2D eigenvalue weighted by molar-refractivity contribution is 0.313. The van der Waals surface area contributed by atoms with Crippen molar-refractivity contribution in [1.29, 1.82) is 0 Å². The smallest absolute Gasteiger partial charge is 0.0963 e. The molecule has 1 fully saturated rings. The number of nitrogens with one attached hydrogen (secondary N) is 1. The SMILES string of the molecule is CN1CCN(c2ccc3c(c2)-c2cc(Cl)c4cccnc4c2NS3)CC1. The van der Waals surface area contributed by atoms with Crippen LogP contribution in [0.2, 0.25) is 5.02 Å². The highest BCUT2D eigenvalue weighted by Crippen LogP contribution is 2.47. The molecule has 4 nitrogen and oxygen atoms in total. The Balaban J connectivity index is 1.64. The second-order valence-corrected chi connectivity index (χ2v) is 8.11. The molecule has 0 spiro atoms. The average Bonchev–Trinajstić information content (AvgIpc) is 2.68. The molecule has 0 saturated carbocycles. The van der Waals surface area contributed by atoms with E-state index in [9.17, 15) is 0 Å². The summed E-state index contributed by atoms with van der Waals surface area (Å²) in [6.07, 6.45) is 1.82. The van der Waals surface area contributed by atoms with Crippen LogP contribution in [0.3, 0.4) is 0 Å². The van der Waals surface area contributed by atoms with Crippen molar-refractivity contribution in [3.8, 4) is 11.1 Å². The van der Waals surface area contributed by atoms with Crippen molar-refractivity contribution in [2.45, 2.75) is 4.90 Å². The number of anilines is 2. The van der Waals surface area contributed by atoms with Gasteiger partial charge in [0.05, 0.1) is 16.2 Å². The fourth-order valence-electron chi connectivity index (χ4n) is 3.70. The summed E-state index contributed by atoms with van der Waals surface area (Å²) in [5.74, 6) is 0. The maximum absolute atomic E-state index is 6.57. The Labute approximate surface area is 162 Å². The molecule has 132 valence electrons. The Kier molecular flexibility index (Phi) is 3.96. The largest absolute Gasteiger partial charge is 0.369 e. The van der Waals surface area contributed by atoms with E-state index in [4.69, 9.17) is 11.6 Å². The van der Waals surface area contributed by atoms with Gasteiger partial charge in [0.15, 0.2) is 0 Å². The molecule has 0 atom stereocenters. The zero-order chi connectivity index (χ0) is 17.7. The summed E-state index contributed by atoms with van der Waals surface area (Å²) >= 11 is 8.22. The zero-order valence-corrected chi connectivity index (χ0v) is 16.1. The van der Waals surface area contributed by atoms with Crippen molar-refractivity contribution in [2.24, 2.45) is 0 Å². The molecule has 0 unspecified atom stereocenters. The number of piperazine rings is 1. The molecule has 1 aromatic heterocycles. The molecule has 5 rings (SSSR count). The molecule has 2 aliphatic heterocycles. The van der Waals surface area contributed by atoms with Gasteiger partial charge in [0.1, 0.15) is 0 Å². The summed E-state index contributed by atoms with van der Waals surface area (Å²) in [6, 6.07) is 12.8. The molecule has 3 aromatic rings. The number of likely N-dealkylation sites (N-methyl/N-ethyl adjacent to an activating group) is 1. The number of nitrogens with zero attached hydrogens (tertiary/aromatic N) is 3. The first-order valence-corrected chi connectivity index (χ1v) is 9.98. The van der Waals surface area contributed by atoms with Crippen LogP contribution < -0.4 is 9.62 Å². The van der Waals surface area contributed by atoms with Gasteiger partial charge in [-0.15, -0.1) is 0 Å². The lowest BCUT2D eigenvalue weighted by Crippen LogP contribution is -2.44. The van der Waals surface area contributed by atoms with Crippen LogP contribution in [-0.2, 0) is 0 Å². The number of hydrogen-bond acceptors (Lipinski definition) is 5. The van der Waals surface area contributed by atoms with Crippen molar-refractivity contribution in [2.75, 3.05) is 42.8 Å². The van der Waals surface area contributed by atoms with E-state index < -0.39 is 0 Å². The Morgan fingerprint density at radius 3 is 2.77 bits per heavy atom. The summed E-state index contributed by atoms with van der Waals surface area (Å²) < 4.78 is 3.47. The van der Waals surface area contributed by atoms with Crippen LogP contribution in [0.15, 0.2) is 47.5 Å². The van der Waals surface area contributed by atoms with E-state index in [0.29, 0.717) is 0 Å². The first-order chi connectivity index (χ1) is 12.7. The summed E-state index contributed by atoms with van der Waals surface area (Å²) in [6.45, 7) is 4.33. The number of rotatable bonds is 1. The standard InChI is InChI=1S/C20H19ClN4S/c1-24-7-9-25(10-8-24)13-4-5-18-15(11-13)16-12-17(21)14-3-2-6-22-19(14)20(16)23-26-18/h2-6,11-12,23H,7-10H2,1H3. The highest BCUT2D eigenvalue weighted by atomic mass is 35.5. The number of pyridine rings is 1. The van der Waals surface area contributed by atoms with Gasteiger partial charge in [-0.05, 0) is 55.4 Å². The summed E-state index contributed by atoms with van der Waals surface area (Å²) in [7, 11) is 2.18. The predicted octanol–water partition coefficient (Wildman–Crippen LogP) is 4.74. The van der Waals surface area contributed by atoms with Crippen molar-refractivity contribution in [1.82, 2.24) is 9.88 Å². The van der Waals surface area contributed by atoms with E-state index in [1.165, 1.54) is 16.1 Å². The molecule has 1 saturated heterocycles. The average molecular weight is 383 g/mol. The first kappa shape index (κ1) is 16.2. The Morgan fingerprint density at radius 1 is 1.08 bits per heavy atom. The normalized spacial score (nSPS) is 16.9. The van der Waals surface area contributed by atoms with E-state index >= 15 is 0 Å². The van der Waals surface area contributed by atoms with Crippen LogP contribution >= 0.6 is 23.5 Å². The topological polar surface area (TPSA) is 31.4 Å². The predicted molar refractivity (Wildman–Crippen MR) is 111 cm³/mol. The molecule has 1 N–H and O–H groups in total. The van der Waals surface area contributed by atoms with Crippen LogP contribution in [0.25, 0.3) is 22.0 Å². The summed E-state index contributed by atoms with van der Waals surface area (Å²) in [5.41, 5.74) is 5.62. The maximum atomic E-state index is 6.57. The number of hydrogen-bond donors (Lipinski definition) is 1. The van der Waals surface area contributed by atoms with Crippen LogP contribution in [0.1, 0.15) is 0 Å². The van der Waals surface area contributed by atoms with Crippen molar-refractivity contribution in [3.05, 3.63) is 47.6 Å². The minimum absolute atomic E-state index is 0.747. The molecule has 3 heterocycles. The summed E-state index contributed by atoms with van der Waals surface area (Å²) in [5, 5.41) is 1.73. The third-order valence-electron chi connectivity index (χ3n) is 5.23. The molecule has 0 radical (unpaired) electrons. The minimum atomic E-state index is 0.747. The van der Waals surface area contributed by atoms with Crippen molar-refractivity contribution in [3.63, 3.8) is 0 Å². The zero-order valence-electron chi connectivity index (χ0n) is 14.5.